The zero-order valence-corrected chi connectivity index (χ0v) is 12.8. The minimum Gasteiger partial charge on any atom is -0.313 e. The molecule has 2 fully saturated rings. The Morgan fingerprint density at radius 2 is 1.85 bits per heavy atom. The van der Waals surface area contributed by atoms with Crippen LogP contribution in [-0.2, 0) is 0 Å². The second kappa shape index (κ2) is 5.84. The standard InChI is InChI=1S/C15H27F3N2/c1-4-19-12-7-8-14(2,3)9-13(12)20(11-5-6-11)10-15(16,17)18/h11-13,19H,4-10H2,1-3H3. The van der Waals surface area contributed by atoms with Gasteiger partial charge in [-0.3, -0.25) is 4.90 Å². The van der Waals surface area contributed by atoms with Crippen LogP contribution in [0.25, 0.3) is 0 Å². The molecular weight excluding hydrogens is 265 g/mol. The van der Waals surface area contributed by atoms with Gasteiger partial charge in [0.15, 0.2) is 0 Å². The third-order valence-electron chi connectivity index (χ3n) is 4.63. The Bertz CT molecular complexity index is 324. The van der Waals surface area contributed by atoms with Crippen LogP contribution in [0.1, 0.15) is 52.9 Å². The van der Waals surface area contributed by atoms with Crippen LogP contribution in [0.2, 0.25) is 0 Å². The van der Waals surface area contributed by atoms with Crippen LogP contribution < -0.4 is 5.32 Å². The summed E-state index contributed by atoms with van der Waals surface area (Å²) in [5, 5.41) is 3.41. The van der Waals surface area contributed by atoms with E-state index in [2.05, 4.69) is 19.2 Å². The van der Waals surface area contributed by atoms with Crippen molar-refractivity contribution in [3.63, 3.8) is 0 Å². The second-order valence-electron chi connectivity index (χ2n) is 7.16. The van der Waals surface area contributed by atoms with Crippen LogP contribution in [0.5, 0.6) is 0 Å². The molecule has 5 heteroatoms. The lowest BCUT2D eigenvalue weighted by Crippen LogP contribution is -2.57. The normalized spacial score (nSPS) is 30.8. The largest absolute Gasteiger partial charge is 0.401 e. The van der Waals surface area contributed by atoms with Crippen molar-refractivity contribution in [3.05, 3.63) is 0 Å². The molecule has 0 heterocycles. The third kappa shape index (κ3) is 4.35. The summed E-state index contributed by atoms with van der Waals surface area (Å²) in [5.74, 6) is 0. The van der Waals surface area contributed by atoms with E-state index in [9.17, 15) is 13.2 Å². The maximum atomic E-state index is 12.9. The van der Waals surface area contributed by atoms with Crippen LogP contribution >= 0.6 is 0 Å². The van der Waals surface area contributed by atoms with Gasteiger partial charge in [-0.1, -0.05) is 20.8 Å². The van der Waals surface area contributed by atoms with Gasteiger partial charge in [0.05, 0.1) is 6.54 Å². The highest BCUT2D eigenvalue weighted by molar-refractivity contribution is 4.99. The zero-order valence-electron chi connectivity index (χ0n) is 12.8. The zero-order chi connectivity index (χ0) is 15.0. The summed E-state index contributed by atoms with van der Waals surface area (Å²) >= 11 is 0. The maximum Gasteiger partial charge on any atom is 0.401 e. The topological polar surface area (TPSA) is 15.3 Å². The molecule has 0 aliphatic heterocycles. The van der Waals surface area contributed by atoms with E-state index in [0.29, 0.717) is 0 Å². The van der Waals surface area contributed by atoms with Crippen LogP contribution in [-0.4, -0.2) is 42.3 Å². The molecule has 20 heavy (non-hydrogen) atoms. The minimum absolute atomic E-state index is 0.0211. The van der Waals surface area contributed by atoms with E-state index in [4.69, 9.17) is 0 Å². The van der Waals surface area contributed by atoms with E-state index in [-0.39, 0.29) is 23.5 Å². The van der Waals surface area contributed by atoms with Crippen molar-refractivity contribution < 1.29 is 13.2 Å². The van der Waals surface area contributed by atoms with Crippen molar-refractivity contribution in [1.29, 1.82) is 0 Å². The summed E-state index contributed by atoms with van der Waals surface area (Å²) < 4.78 is 38.7. The Labute approximate surface area is 120 Å². The first-order chi connectivity index (χ1) is 9.22. The molecule has 1 N–H and O–H groups in total. The Balaban J connectivity index is 2.13. The average molecular weight is 292 g/mol. The first-order valence-corrected chi connectivity index (χ1v) is 7.78. The molecule has 2 nitrogen and oxygen atoms in total. The smallest absolute Gasteiger partial charge is 0.313 e. The van der Waals surface area contributed by atoms with E-state index >= 15 is 0 Å². The molecule has 0 aromatic heterocycles. The number of rotatable bonds is 5. The van der Waals surface area contributed by atoms with Gasteiger partial charge in [0.25, 0.3) is 0 Å². The summed E-state index contributed by atoms with van der Waals surface area (Å²) in [6, 6.07) is 0.375. The van der Waals surface area contributed by atoms with Crippen LogP contribution in [0.3, 0.4) is 0 Å². The Hall–Kier alpha value is -0.290. The van der Waals surface area contributed by atoms with E-state index in [0.717, 1.165) is 38.6 Å². The number of hydrogen-bond donors (Lipinski definition) is 1. The molecule has 2 saturated carbocycles. The van der Waals surface area contributed by atoms with E-state index in [1.54, 1.807) is 4.90 Å². The predicted octanol–water partition coefficient (Wildman–Crippen LogP) is 3.57. The van der Waals surface area contributed by atoms with Crippen molar-refractivity contribution in [2.75, 3.05) is 13.1 Å². The van der Waals surface area contributed by atoms with Gasteiger partial charge in [-0.15, -0.1) is 0 Å². The van der Waals surface area contributed by atoms with Crippen LogP contribution in [0.4, 0.5) is 13.2 Å². The Morgan fingerprint density at radius 1 is 1.20 bits per heavy atom. The lowest BCUT2D eigenvalue weighted by molar-refractivity contribution is -0.157. The predicted molar refractivity (Wildman–Crippen MR) is 74.7 cm³/mol. The van der Waals surface area contributed by atoms with Gasteiger partial charge in [0.1, 0.15) is 0 Å². The van der Waals surface area contributed by atoms with E-state index in [1.807, 2.05) is 6.92 Å². The lowest BCUT2D eigenvalue weighted by Gasteiger charge is -2.46. The summed E-state index contributed by atoms with van der Waals surface area (Å²) in [4.78, 5) is 1.74. The number of likely N-dealkylation sites (N-methyl/N-ethyl adjacent to an activating group) is 1. The summed E-state index contributed by atoms with van der Waals surface area (Å²) in [6.45, 7) is 6.47. The number of hydrogen-bond acceptors (Lipinski definition) is 2. The van der Waals surface area contributed by atoms with E-state index < -0.39 is 12.7 Å². The van der Waals surface area contributed by atoms with Crippen LogP contribution in [0, 0.1) is 5.41 Å². The maximum absolute atomic E-state index is 12.9. The highest BCUT2D eigenvalue weighted by Gasteiger charge is 2.46. The van der Waals surface area contributed by atoms with Crippen molar-refractivity contribution in [2.45, 2.75) is 77.2 Å². The minimum atomic E-state index is -4.10. The van der Waals surface area contributed by atoms with Gasteiger partial charge in [-0.2, -0.15) is 13.2 Å². The van der Waals surface area contributed by atoms with Gasteiger partial charge in [0, 0.05) is 18.1 Å². The summed E-state index contributed by atoms with van der Waals surface area (Å²) in [7, 11) is 0. The summed E-state index contributed by atoms with van der Waals surface area (Å²) in [6.07, 6.45) is 0.675. The molecule has 0 bridgehead atoms. The quantitative estimate of drug-likeness (QED) is 0.833. The van der Waals surface area contributed by atoms with Gasteiger partial charge in [-0.05, 0) is 44.1 Å². The van der Waals surface area contributed by atoms with Gasteiger partial charge in [0.2, 0.25) is 0 Å². The lowest BCUT2D eigenvalue weighted by atomic mass is 9.72. The molecule has 2 aliphatic carbocycles. The SMILES string of the molecule is CCNC1CCC(C)(C)CC1N(CC(F)(F)F)C1CC1. The average Bonchev–Trinajstić information content (AvgIpc) is 3.11. The van der Waals surface area contributed by atoms with Crippen molar-refractivity contribution in [1.82, 2.24) is 10.2 Å². The fourth-order valence-corrected chi connectivity index (χ4v) is 3.53. The van der Waals surface area contributed by atoms with Crippen molar-refractivity contribution >= 4 is 0 Å². The van der Waals surface area contributed by atoms with Crippen LogP contribution in [0.15, 0.2) is 0 Å². The Morgan fingerprint density at radius 3 is 2.35 bits per heavy atom. The van der Waals surface area contributed by atoms with Crippen molar-refractivity contribution in [2.24, 2.45) is 5.41 Å². The molecule has 0 saturated heterocycles. The molecule has 118 valence electrons. The van der Waals surface area contributed by atoms with Gasteiger partial charge < -0.3 is 5.32 Å². The monoisotopic (exact) mass is 292 g/mol. The number of nitrogens with zero attached hydrogens (tertiary/aromatic N) is 1. The molecule has 2 atom stereocenters. The highest BCUT2D eigenvalue weighted by Crippen LogP contribution is 2.42. The fraction of sp³-hybridized carbons (Fsp3) is 1.00. The van der Waals surface area contributed by atoms with Gasteiger partial charge >= 0.3 is 6.18 Å². The number of nitrogens with one attached hydrogen (secondary N) is 1. The molecule has 2 rings (SSSR count). The third-order valence-corrected chi connectivity index (χ3v) is 4.63. The molecule has 0 spiro atoms. The first kappa shape index (κ1) is 16.1. The second-order valence-corrected chi connectivity index (χ2v) is 7.16. The molecule has 0 amide bonds. The molecular formula is C15H27F3N2. The van der Waals surface area contributed by atoms with Crippen molar-refractivity contribution in [3.8, 4) is 0 Å². The fourth-order valence-electron chi connectivity index (χ4n) is 3.53. The molecule has 0 aromatic rings. The number of alkyl halides is 3. The van der Waals surface area contributed by atoms with Gasteiger partial charge in [-0.25, -0.2) is 0 Å². The molecule has 2 unspecified atom stereocenters. The number of halogens is 3. The summed E-state index contributed by atoms with van der Waals surface area (Å²) in [5.41, 5.74) is 0.148. The van der Waals surface area contributed by atoms with E-state index in [1.165, 1.54) is 0 Å². The highest BCUT2D eigenvalue weighted by atomic mass is 19.4. The molecule has 0 aromatic carbocycles. The first-order valence-electron chi connectivity index (χ1n) is 7.78. The molecule has 2 aliphatic rings. The molecule has 0 radical (unpaired) electrons. The Kier molecular flexibility index (Phi) is 4.69.